The quantitative estimate of drug-likeness (QED) is 0.387. The van der Waals surface area contributed by atoms with Gasteiger partial charge in [0.25, 0.3) is 0 Å². The van der Waals surface area contributed by atoms with Gasteiger partial charge in [0.15, 0.2) is 0 Å². The van der Waals surface area contributed by atoms with Crippen LogP contribution in [0.2, 0.25) is 19.6 Å². The highest BCUT2D eigenvalue weighted by molar-refractivity contribution is 6.70. The Morgan fingerprint density at radius 3 is 2.44 bits per heavy atom. The zero-order chi connectivity index (χ0) is 19.8. The lowest BCUT2D eigenvalue weighted by molar-refractivity contribution is 0.105. The van der Waals surface area contributed by atoms with E-state index >= 15 is 0 Å². The van der Waals surface area contributed by atoms with E-state index in [1.807, 2.05) is 0 Å². The first-order valence-electron chi connectivity index (χ1n) is 10.3. The number of fused-ring (bicyclic) bond motifs is 3. The standard InChI is InChI=1S/C24H34O2Si/c1-8-9-10-11-18-15-21-23(22(16-18)26-27(5,6)7)19-14-17(2)12-13-20(19)24(3,4)25-21/h12-16H,8-11H2,1-7H3. The lowest BCUT2D eigenvalue weighted by Crippen LogP contribution is -2.32. The Bertz CT molecular complexity index is 831. The van der Waals surface area contributed by atoms with Crippen molar-refractivity contribution in [1.82, 2.24) is 0 Å². The molecule has 0 saturated heterocycles. The van der Waals surface area contributed by atoms with Gasteiger partial charge in [-0.3, -0.25) is 0 Å². The van der Waals surface area contributed by atoms with Crippen molar-refractivity contribution >= 4 is 8.32 Å². The van der Waals surface area contributed by atoms with E-state index in [2.05, 4.69) is 77.7 Å². The summed E-state index contributed by atoms with van der Waals surface area (Å²) in [6.07, 6.45) is 4.78. The Labute approximate surface area is 166 Å². The van der Waals surface area contributed by atoms with E-state index < -0.39 is 8.32 Å². The number of hydrogen-bond acceptors (Lipinski definition) is 2. The number of aryl methyl sites for hydroxylation is 2. The number of benzene rings is 2. The van der Waals surface area contributed by atoms with E-state index in [0.717, 1.165) is 23.5 Å². The molecular weight excluding hydrogens is 348 g/mol. The molecule has 0 N–H and O–H groups in total. The predicted molar refractivity (Wildman–Crippen MR) is 117 cm³/mol. The van der Waals surface area contributed by atoms with Gasteiger partial charge in [-0.1, -0.05) is 43.5 Å². The van der Waals surface area contributed by atoms with Crippen LogP contribution in [0.4, 0.5) is 0 Å². The fourth-order valence-electron chi connectivity index (χ4n) is 3.84. The van der Waals surface area contributed by atoms with Crippen molar-refractivity contribution in [1.29, 1.82) is 0 Å². The van der Waals surface area contributed by atoms with E-state index in [1.165, 1.54) is 41.5 Å². The zero-order valence-electron chi connectivity index (χ0n) is 18.0. The summed E-state index contributed by atoms with van der Waals surface area (Å²) in [5.41, 5.74) is 5.88. The molecule has 0 bridgehead atoms. The van der Waals surface area contributed by atoms with Crippen LogP contribution in [0.25, 0.3) is 11.1 Å². The van der Waals surface area contributed by atoms with Gasteiger partial charge >= 0.3 is 0 Å². The van der Waals surface area contributed by atoms with Crippen molar-refractivity contribution in [2.75, 3.05) is 0 Å². The van der Waals surface area contributed by atoms with Crippen LogP contribution in [0.15, 0.2) is 30.3 Å². The second kappa shape index (κ2) is 7.35. The van der Waals surface area contributed by atoms with Gasteiger partial charge < -0.3 is 9.16 Å². The van der Waals surface area contributed by atoms with Gasteiger partial charge in [0.1, 0.15) is 17.1 Å². The highest BCUT2D eigenvalue weighted by atomic mass is 28.4. The molecule has 0 aromatic heterocycles. The number of ether oxygens (including phenoxy) is 1. The molecule has 3 rings (SSSR count). The average molecular weight is 383 g/mol. The molecule has 0 radical (unpaired) electrons. The number of rotatable bonds is 6. The normalized spacial score (nSPS) is 14.9. The van der Waals surface area contributed by atoms with Gasteiger partial charge in [-0.15, -0.1) is 0 Å². The Balaban J connectivity index is 2.17. The van der Waals surface area contributed by atoms with Gasteiger partial charge in [0, 0.05) is 5.56 Å². The number of unbranched alkanes of at least 4 members (excludes halogenated alkanes) is 2. The molecule has 0 fully saturated rings. The maximum Gasteiger partial charge on any atom is 0.242 e. The first-order valence-corrected chi connectivity index (χ1v) is 13.7. The number of hydrogen-bond donors (Lipinski definition) is 0. The summed E-state index contributed by atoms with van der Waals surface area (Å²) in [4.78, 5) is 0. The van der Waals surface area contributed by atoms with E-state index in [9.17, 15) is 0 Å². The summed E-state index contributed by atoms with van der Waals surface area (Å²) in [6, 6.07) is 11.2. The minimum atomic E-state index is -1.74. The maximum atomic E-state index is 6.57. The molecule has 0 amide bonds. The maximum absolute atomic E-state index is 6.57. The monoisotopic (exact) mass is 382 g/mol. The topological polar surface area (TPSA) is 18.5 Å². The van der Waals surface area contributed by atoms with Crippen molar-refractivity contribution in [2.24, 2.45) is 0 Å². The molecule has 3 heteroatoms. The molecular formula is C24H34O2Si. The smallest absolute Gasteiger partial charge is 0.242 e. The molecule has 0 aliphatic carbocycles. The fourth-order valence-corrected chi connectivity index (χ4v) is 4.66. The lowest BCUT2D eigenvalue weighted by atomic mass is 9.84. The third-order valence-corrected chi connectivity index (χ3v) is 5.90. The molecule has 0 unspecified atom stereocenters. The van der Waals surface area contributed by atoms with Crippen LogP contribution in [0.5, 0.6) is 11.5 Å². The fraction of sp³-hybridized carbons (Fsp3) is 0.500. The SMILES string of the molecule is CCCCCc1cc2c(c(O[Si](C)(C)C)c1)-c1cc(C)ccc1C(C)(C)O2. The molecule has 2 aromatic rings. The Hall–Kier alpha value is -1.74. The molecule has 1 heterocycles. The van der Waals surface area contributed by atoms with Crippen LogP contribution >= 0.6 is 0 Å². The second-order valence-corrected chi connectivity index (χ2v) is 13.7. The molecule has 2 aromatic carbocycles. The molecule has 146 valence electrons. The molecule has 1 aliphatic rings. The Morgan fingerprint density at radius 2 is 1.78 bits per heavy atom. The Morgan fingerprint density at radius 1 is 1.04 bits per heavy atom. The first-order chi connectivity index (χ1) is 12.6. The van der Waals surface area contributed by atoms with Crippen molar-refractivity contribution in [3.05, 3.63) is 47.0 Å². The minimum Gasteiger partial charge on any atom is -0.544 e. The minimum absolute atomic E-state index is 0.339. The first kappa shape index (κ1) is 20.0. The molecule has 2 nitrogen and oxygen atoms in total. The van der Waals surface area contributed by atoms with Gasteiger partial charge in [-0.05, 0) is 76.5 Å². The third-order valence-electron chi connectivity index (χ3n) is 5.07. The largest absolute Gasteiger partial charge is 0.544 e. The van der Waals surface area contributed by atoms with Crippen LogP contribution in [-0.2, 0) is 12.0 Å². The van der Waals surface area contributed by atoms with Gasteiger partial charge in [0.2, 0.25) is 8.32 Å². The van der Waals surface area contributed by atoms with Crippen LogP contribution < -0.4 is 9.16 Å². The summed E-state index contributed by atoms with van der Waals surface area (Å²) in [5.74, 6) is 1.97. The highest BCUT2D eigenvalue weighted by Crippen LogP contribution is 2.50. The van der Waals surface area contributed by atoms with E-state index in [-0.39, 0.29) is 5.60 Å². The van der Waals surface area contributed by atoms with Crippen LogP contribution in [0.1, 0.15) is 56.7 Å². The Kier molecular flexibility index (Phi) is 5.44. The van der Waals surface area contributed by atoms with Crippen molar-refractivity contribution < 1.29 is 9.16 Å². The average Bonchev–Trinajstić information content (AvgIpc) is 2.52. The van der Waals surface area contributed by atoms with Crippen molar-refractivity contribution in [2.45, 2.75) is 78.6 Å². The summed E-state index contributed by atoms with van der Waals surface area (Å²) in [5, 5.41) is 0. The van der Waals surface area contributed by atoms with Gasteiger partial charge in [-0.25, -0.2) is 0 Å². The summed E-state index contributed by atoms with van der Waals surface area (Å²) in [7, 11) is -1.74. The van der Waals surface area contributed by atoms with Crippen molar-refractivity contribution in [3.63, 3.8) is 0 Å². The summed E-state index contributed by atoms with van der Waals surface area (Å²) >= 11 is 0. The van der Waals surface area contributed by atoms with Crippen molar-refractivity contribution in [3.8, 4) is 22.6 Å². The third kappa shape index (κ3) is 4.40. The van der Waals surface area contributed by atoms with Gasteiger partial charge in [-0.2, -0.15) is 0 Å². The predicted octanol–water partition coefficient (Wildman–Crippen LogP) is 7.24. The van der Waals surface area contributed by atoms with E-state index in [1.54, 1.807) is 0 Å². The summed E-state index contributed by atoms with van der Waals surface area (Å²) in [6.45, 7) is 15.5. The molecule has 1 aliphatic heterocycles. The molecule has 0 atom stereocenters. The molecule has 27 heavy (non-hydrogen) atoms. The second-order valence-electron chi connectivity index (χ2n) is 9.30. The highest BCUT2D eigenvalue weighted by Gasteiger charge is 2.35. The molecule has 0 spiro atoms. The van der Waals surface area contributed by atoms with Gasteiger partial charge in [0.05, 0.1) is 5.56 Å². The summed E-state index contributed by atoms with van der Waals surface area (Å²) < 4.78 is 13.1. The lowest BCUT2D eigenvalue weighted by Gasteiger charge is -2.37. The van der Waals surface area contributed by atoms with E-state index in [4.69, 9.17) is 9.16 Å². The molecule has 0 saturated carbocycles. The van der Waals surface area contributed by atoms with Crippen LogP contribution in [0, 0.1) is 6.92 Å². The van der Waals surface area contributed by atoms with Crippen LogP contribution in [0.3, 0.4) is 0 Å². The van der Waals surface area contributed by atoms with Crippen LogP contribution in [-0.4, -0.2) is 8.32 Å². The van der Waals surface area contributed by atoms with E-state index in [0.29, 0.717) is 0 Å². The zero-order valence-corrected chi connectivity index (χ0v) is 19.0.